The lowest BCUT2D eigenvalue weighted by Gasteiger charge is -2.21. The van der Waals surface area contributed by atoms with Crippen molar-refractivity contribution in [3.05, 3.63) is 34.9 Å². The van der Waals surface area contributed by atoms with Gasteiger partial charge >= 0.3 is 5.97 Å². The van der Waals surface area contributed by atoms with Gasteiger partial charge in [0.1, 0.15) is 0 Å². The van der Waals surface area contributed by atoms with Crippen LogP contribution in [-0.4, -0.2) is 35.6 Å². The normalized spacial score (nSPS) is 15.5. The number of hydrogen-bond donors (Lipinski definition) is 1. The minimum Gasteiger partial charge on any atom is -0.481 e. The molecule has 1 aromatic carbocycles. The molecule has 0 unspecified atom stereocenters. The van der Waals surface area contributed by atoms with Crippen molar-refractivity contribution < 1.29 is 18.3 Å². The molecular weight excluding hydrogens is 302 g/mol. The minimum absolute atomic E-state index is 0.00414. The highest BCUT2D eigenvalue weighted by Gasteiger charge is 2.37. The van der Waals surface area contributed by atoms with E-state index in [1.165, 1.54) is 4.31 Å². The largest absolute Gasteiger partial charge is 0.481 e. The Morgan fingerprint density at radius 1 is 1.30 bits per heavy atom. The molecule has 0 spiro atoms. The number of hydrogen-bond acceptors (Lipinski definition) is 3. The van der Waals surface area contributed by atoms with Crippen LogP contribution in [0.1, 0.15) is 24.8 Å². The number of sulfonamides is 1. The number of benzene rings is 1. The van der Waals surface area contributed by atoms with E-state index in [0.29, 0.717) is 5.02 Å². The summed E-state index contributed by atoms with van der Waals surface area (Å²) in [7, 11) is -3.54. The van der Waals surface area contributed by atoms with E-state index >= 15 is 0 Å². The molecule has 1 N–H and O–H groups in total. The number of nitrogens with zero attached hydrogens (tertiary/aromatic N) is 1. The molecule has 0 saturated heterocycles. The second-order valence-electron chi connectivity index (χ2n) is 4.86. The van der Waals surface area contributed by atoms with E-state index in [1.54, 1.807) is 24.3 Å². The van der Waals surface area contributed by atoms with Gasteiger partial charge < -0.3 is 5.11 Å². The van der Waals surface area contributed by atoms with Crippen LogP contribution in [0.4, 0.5) is 0 Å². The number of carboxylic acid groups (broad SMARTS) is 1. The van der Waals surface area contributed by atoms with Crippen molar-refractivity contribution in [2.45, 2.75) is 31.8 Å². The fraction of sp³-hybridized carbons (Fsp3) is 0.462. The highest BCUT2D eigenvalue weighted by Crippen LogP contribution is 2.31. The molecule has 2 rings (SSSR count). The van der Waals surface area contributed by atoms with Gasteiger partial charge in [-0.1, -0.05) is 23.7 Å². The van der Waals surface area contributed by atoms with E-state index in [4.69, 9.17) is 16.7 Å². The summed E-state index contributed by atoms with van der Waals surface area (Å²) < 4.78 is 25.9. The number of carbonyl (C=O) groups is 1. The third-order valence-corrected chi connectivity index (χ3v) is 5.25. The van der Waals surface area contributed by atoms with E-state index in [0.717, 1.165) is 18.4 Å². The molecule has 0 atom stereocenters. The Balaban J connectivity index is 2.10. The van der Waals surface area contributed by atoms with Gasteiger partial charge in [-0.25, -0.2) is 8.42 Å². The van der Waals surface area contributed by atoms with Gasteiger partial charge in [0, 0.05) is 17.6 Å². The van der Waals surface area contributed by atoms with Crippen LogP contribution in [0.2, 0.25) is 5.02 Å². The number of rotatable bonds is 7. The van der Waals surface area contributed by atoms with Gasteiger partial charge in [-0.2, -0.15) is 4.31 Å². The molecule has 1 saturated carbocycles. The Bertz CT molecular complexity index is 581. The molecule has 1 aliphatic rings. The molecule has 0 aliphatic heterocycles. The van der Waals surface area contributed by atoms with Crippen LogP contribution in [0.15, 0.2) is 24.3 Å². The van der Waals surface area contributed by atoms with Gasteiger partial charge in [-0.05, 0) is 30.5 Å². The molecule has 1 aliphatic carbocycles. The highest BCUT2D eigenvalue weighted by atomic mass is 35.5. The fourth-order valence-corrected chi connectivity index (χ4v) is 3.72. The van der Waals surface area contributed by atoms with Crippen molar-refractivity contribution >= 4 is 27.6 Å². The number of aliphatic carboxylic acids is 1. The van der Waals surface area contributed by atoms with Gasteiger partial charge in [0.25, 0.3) is 0 Å². The van der Waals surface area contributed by atoms with E-state index in [1.807, 2.05) is 0 Å². The first-order valence-corrected chi connectivity index (χ1v) is 8.33. The Morgan fingerprint density at radius 3 is 2.40 bits per heavy atom. The summed E-state index contributed by atoms with van der Waals surface area (Å²) in [5.74, 6) is -1.46. The number of carboxylic acids is 1. The molecule has 5 nitrogen and oxygen atoms in total. The second kappa shape index (κ2) is 6.11. The van der Waals surface area contributed by atoms with Crippen LogP contribution in [0.25, 0.3) is 0 Å². The molecular formula is C13H16ClNO4S. The molecule has 0 radical (unpaired) electrons. The molecule has 7 heteroatoms. The molecule has 0 amide bonds. The monoisotopic (exact) mass is 317 g/mol. The topological polar surface area (TPSA) is 74.7 Å². The molecule has 20 heavy (non-hydrogen) atoms. The first kappa shape index (κ1) is 15.3. The summed E-state index contributed by atoms with van der Waals surface area (Å²) >= 11 is 5.80. The summed E-state index contributed by atoms with van der Waals surface area (Å²) in [4.78, 5) is 10.6. The van der Waals surface area contributed by atoms with Gasteiger partial charge in [-0.3, -0.25) is 4.79 Å². The maximum atomic E-state index is 12.2. The minimum atomic E-state index is -3.54. The maximum absolute atomic E-state index is 12.2. The van der Waals surface area contributed by atoms with Gasteiger partial charge in [-0.15, -0.1) is 0 Å². The first-order chi connectivity index (χ1) is 9.38. The zero-order valence-corrected chi connectivity index (χ0v) is 12.4. The van der Waals surface area contributed by atoms with Crippen LogP contribution in [0, 0.1) is 0 Å². The van der Waals surface area contributed by atoms with E-state index < -0.39 is 16.0 Å². The Morgan fingerprint density at radius 2 is 1.90 bits per heavy atom. The van der Waals surface area contributed by atoms with Crippen LogP contribution < -0.4 is 0 Å². The zero-order valence-electron chi connectivity index (χ0n) is 10.8. The summed E-state index contributed by atoms with van der Waals surface area (Å²) in [6.07, 6.45) is 1.30. The van der Waals surface area contributed by atoms with Crippen molar-refractivity contribution in [2.75, 3.05) is 5.75 Å². The Hall–Kier alpha value is -1.11. The second-order valence-corrected chi connectivity index (χ2v) is 7.34. The summed E-state index contributed by atoms with van der Waals surface area (Å²) in [6, 6.07) is 7.00. The molecule has 0 bridgehead atoms. The van der Waals surface area contributed by atoms with Crippen molar-refractivity contribution in [3.8, 4) is 0 Å². The first-order valence-electron chi connectivity index (χ1n) is 6.34. The summed E-state index contributed by atoms with van der Waals surface area (Å²) in [6.45, 7) is 0.268. The van der Waals surface area contributed by atoms with Crippen molar-refractivity contribution in [1.29, 1.82) is 0 Å². The SMILES string of the molecule is O=C(O)CCS(=O)(=O)N(Cc1ccc(Cl)cc1)C1CC1. The lowest BCUT2D eigenvalue weighted by atomic mass is 10.2. The summed E-state index contributed by atoms with van der Waals surface area (Å²) in [5, 5.41) is 9.23. The molecule has 110 valence electrons. The third kappa shape index (κ3) is 4.19. The molecule has 0 aromatic heterocycles. The summed E-state index contributed by atoms with van der Waals surface area (Å²) in [5.41, 5.74) is 0.847. The Labute approximate surface area is 123 Å². The average Bonchev–Trinajstić information content (AvgIpc) is 3.20. The van der Waals surface area contributed by atoms with Gasteiger partial charge in [0.15, 0.2) is 0 Å². The van der Waals surface area contributed by atoms with Crippen LogP contribution in [-0.2, 0) is 21.4 Å². The van der Waals surface area contributed by atoms with Crippen LogP contribution in [0.5, 0.6) is 0 Å². The third-order valence-electron chi connectivity index (χ3n) is 3.14. The standard InChI is InChI=1S/C13H16ClNO4S/c14-11-3-1-10(2-4-11)9-15(12-5-6-12)20(18,19)8-7-13(16)17/h1-4,12H,5-9H2,(H,16,17). The predicted octanol–water partition coefficient (Wildman–Crippen LogP) is 2.11. The van der Waals surface area contributed by atoms with E-state index in [2.05, 4.69) is 0 Å². The van der Waals surface area contributed by atoms with Crippen molar-refractivity contribution in [2.24, 2.45) is 0 Å². The maximum Gasteiger partial charge on any atom is 0.304 e. The lowest BCUT2D eigenvalue weighted by molar-refractivity contribution is -0.136. The zero-order chi connectivity index (χ0) is 14.8. The van der Waals surface area contributed by atoms with Gasteiger partial charge in [0.05, 0.1) is 12.2 Å². The van der Waals surface area contributed by atoms with Crippen molar-refractivity contribution in [3.63, 3.8) is 0 Å². The quantitative estimate of drug-likeness (QED) is 0.835. The highest BCUT2D eigenvalue weighted by molar-refractivity contribution is 7.89. The van der Waals surface area contributed by atoms with Crippen LogP contribution in [0.3, 0.4) is 0 Å². The molecule has 0 heterocycles. The fourth-order valence-electron chi connectivity index (χ4n) is 1.92. The van der Waals surface area contributed by atoms with E-state index in [9.17, 15) is 13.2 Å². The molecule has 1 fully saturated rings. The lowest BCUT2D eigenvalue weighted by Crippen LogP contribution is -2.35. The molecule has 1 aromatic rings. The average molecular weight is 318 g/mol. The van der Waals surface area contributed by atoms with Gasteiger partial charge in [0.2, 0.25) is 10.0 Å². The van der Waals surface area contributed by atoms with E-state index in [-0.39, 0.29) is 24.8 Å². The Kier molecular flexibility index (Phi) is 4.67. The smallest absolute Gasteiger partial charge is 0.304 e. The van der Waals surface area contributed by atoms with Crippen molar-refractivity contribution in [1.82, 2.24) is 4.31 Å². The number of halogens is 1. The predicted molar refractivity (Wildman–Crippen MR) is 76.1 cm³/mol. The van der Waals surface area contributed by atoms with Crippen LogP contribution >= 0.6 is 11.6 Å².